The first-order valence-corrected chi connectivity index (χ1v) is 5.25. The van der Waals surface area contributed by atoms with E-state index in [-0.39, 0.29) is 11.3 Å². The molecule has 18 heavy (non-hydrogen) atoms. The molecule has 0 saturated heterocycles. The number of hydrogen-bond donors (Lipinski definition) is 1. The number of carbonyl (C=O) groups excluding carboxylic acids is 1. The molecule has 0 spiro atoms. The molecular formula is C11H10N6O. The van der Waals surface area contributed by atoms with Gasteiger partial charge in [0.15, 0.2) is 5.82 Å². The zero-order valence-corrected chi connectivity index (χ0v) is 9.66. The van der Waals surface area contributed by atoms with Crippen molar-refractivity contribution in [3.8, 4) is 6.07 Å². The summed E-state index contributed by atoms with van der Waals surface area (Å²) < 4.78 is 0. The average molecular weight is 242 g/mol. The van der Waals surface area contributed by atoms with Gasteiger partial charge in [-0.2, -0.15) is 5.26 Å². The van der Waals surface area contributed by atoms with Crippen molar-refractivity contribution < 1.29 is 4.79 Å². The Morgan fingerprint density at radius 2 is 2.22 bits per heavy atom. The number of rotatable bonds is 2. The van der Waals surface area contributed by atoms with Gasteiger partial charge < -0.3 is 10.6 Å². The SMILES string of the molecule is CCN1C=N/C(=C(/C#N)C(N)=O)c2nccnc21. The second kappa shape index (κ2) is 4.63. The third kappa shape index (κ3) is 1.80. The molecule has 0 saturated carbocycles. The summed E-state index contributed by atoms with van der Waals surface area (Å²) in [4.78, 5) is 25.3. The van der Waals surface area contributed by atoms with E-state index in [0.29, 0.717) is 18.1 Å². The molecule has 0 unspecified atom stereocenters. The number of hydrogen-bond acceptors (Lipinski definition) is 6. The van der Waals surface area contributed by atoms with Crippen LogP contribution in [0.1, 0.15) is 12.6 Å². The van der Waals surface area contributed by atoms with E-state index in [0.717, 1.165) is 0 Å². The number of aromatic nitrogens is 2. The molecule has 1 aliphatic heterocycles. The number of nitriles is 1. The number of nitrogens with zero attached hydrogens (tertiary/aromatic N) is 5. The van der Waals surface area contributed by atoms with E-state index in [2.05, 4.69) is 15.0 Å². The molecule has 0 atom stereocenters. The van der Waals surface area contributed by atoms with Gasteiger partial charge in [-0.3, -0.25) is 4.79 Å². The molecular weight excluding hydrogens is 232 g/mol. The molecule has 2 heterocycles. The second-order valence-electron chi connectivity index (χ2n) is 3.46. The lowest BCUT2D eigenvalue weighted by Crippen LogP contribution is -2.27. The number of carbonyl (C=O) groups is 1. The summed E-state index contributed by atoms with van der Waals surface area (Å²) in [6.45, 7) is 2.58. The molecule has 90 valence electrons. The molecule has 0 radical (unpaired) electrons. The predicted octanol–water partition coefficient (Wildman–Crippen LogP) is 0.0648. The van der Waals surface area contributed by atoms with E-state index in [1.165, 1.54) is 18.7 Å². The highest BCUT2D eigenvalue weighted by Gasteiger charge is 2.24. The number of fused-ring (bicyclic) bond motifs is 1. The Labute approximate surface area is 103 Å². The minimum absolute atomic E-state index is 0.165. The first kappa shape index (κ1) is 11.7. The maximum atomic E-state index is 11.2. The van der Waals surface area contributed by atoms with Crippen molar-refractivity contribution in [3.63, 3.8) is 0 Å². The highest BCUT2D eigenvalue weighted by Crippen LogP contribution is 2.28. The van der Waals surface area contributed by atoms with Crippen molar-refractivity contribution in [2.24, 2.45) is 10.7 Å². The van der Waals surface area contributed by atoms with E-state index in [4.69, 9.17) is 11.0 Å². The molecule has 0 aromatic carbocycles. The van der Waals surface area contributed by atoms with E-state index >= 15 is 0 Å². The lowest BCUT2D eigenvalue weighted by atomic mass is 10.1. The second-order valence-corrected chi connectivity index (χ2v) is 3.46. The van der Waals surface area contributed by atoms with Crippen LogP contribution in [-0.2, 0) is 4.79 Å². The summed E-state index contributed by atoms with van der Waals surface area (Å²) >= 11 is 0. The summed E-state index contributed by atoms with van der Waals surface area (Å²) in [5.41, 5.74) is 5.48. The van der Waals surface area contributed by atoms with Gasteiger partial charge in [-0.15, -0.1) is 0 Å². The maximum Gasteiger partial charge on any atom is 0.261 e. The Balaban J connectivity index is 2.68. The molecule has 1 amide bonds. The lowest BCUT2D eigenvalue weighted by Gasteiger charge is -2.22. The van der Waals surface area contributed by atoms with Crippen molar-refractivity contribution in [1.29, 1.82) is 5.26 Å². The zero-order valence-electron chi connectivity index (χ0n) is 9.66. The van der Waals surface area contributed by atoms with Crippen molar-refractivity contribution in [1.82, 2.24) is 9.97 Å². The molecule has 2 N–H and O–H groups in total. The van der Waals surface area contributed by atoms with Crippen LogP contribution >= 0.6 is 0 Å². The molecule has 7 heteroatoms. The molecule has 0 fully saturated rings. The van der Waals surface area contributed by atoms with Gasteiger partial charge in [0.25, 0.3) is 5.91 Å². The van der Waals surface area contributed by atoms with E-state index < -0.39 is 5.91 Å². The first-order valence-electron chi connectivity index (χ1n) is 5.25. The maximum absolute atomic E-state index is 11.2. The highest BCUT2D eigenvalue weighted by molar-refractivity contribution is 6.07. The fourth-order valence-corrected chi connectivity index (χ4v) is 1.59. The van der Waals surface area contributed by atoms with Gasteiger partial charge in [0, 0.05) is 18.9 Å². The molecule has 2 rings (SSSR count). The van der Waals surface area contributed by atoms with Crippen LogP contribution in [-0.4, -0.2) is 28.8 Å². The summed E-state index contributed by atoms with van der Waals surface area (Å²) in [5, 5.41) is 8.95. The molecule has 0 aliphatic carbocycles. The smallest absolute Gasteiger partial charge is 0.261 e. The van der Waals surface area contributed by atoms with E-state index in [1.807, 2.05) is 6.92 Å². The van der Waals surface area contributed by atoms with Gasteiger partial charge in [-0.25, -0.2) is 15.0 Å². The lowest BCUT2D eigenvalue weighted by molar-refractivity contribution is -0.114. The summed E-state index contributed by atoms with van der Waals surface area (Å²) in [6, 6.07) is 1.75. The average Bonchev–Trinajstić information content (AvgIpc) is 2.39. The molecule has 1 aliphatic rings. The standard InChI is InChI=1S/C11H10N6O/c1-2-17-6-16-8(7(5-12)10(13)18)9-11(17)15-4-3-14-9/h3-4,6H,2H2,1H3,(H2,13,18)/b8-7-. The predicted molar refractivity (Wildman–Crippen MR) is 65.3 cm³/mol. The minimum atomic E-state index is -0.828. The largest absolute Gasteiger partial charge is 0.365 e. The Morgan fingerprint density at radius 1 is 1.50 bits per heavy atom. The minimum Gasteiger partial charge on any atom is -0.365 e. The van der Waals surface area contributed by atoms with Crippen molar-refractivity contribution >= 4 is 23.8 Å². The first-order chi connectivity index (χ1) is 8.69. The molecule has 7 nitrogen and oxygen atoms in total. The van der Waals surface area contributed by atoms with Gasteiger partial charge in [-0.05, 0) is 6.92 Å². The van der Waals surface area contributed by atoms with Crippen LogP contribution in [0.2, 0.25) is 0 Å². The molecule has 1 aromatic rings. The summed E-state index contributed by atoms with van der Waals surface area (Å²) in [5.74, 6) is -0.273. The Kier molecular flexibility index (Phi) is 3.02. The Hall–Kier alpha value is -2.75. The third-order valence-electron chi connectivity index (χ3n) is 2.44. The Morgan fingerprint density at radius 3 is 2.83 bits per heavy atom. The monoisotopic (exact) mass is 242 g/mol. The van der Waals surface area contributed by atoms with Crippen molar-refractivity contribution in [3.05, 3.63) is 23.7 Å². The van der Waals surface area contributed by atoms with Gasteiger partial charge in [-0.1, -0.05) is 0 Å². The fourth-order valence-electron chi connectivity index (χ4n) is 1.59. The summed E-state index contributed by atoms with van der Waals surface area (Å²) in [6.07, 6.45) is 4.52. The van der Waals surface area contributed by atoms with Crippen LogP contribution in [0.3, 0.4) is 0 Å². The van der Waals surface area contributed by atoms with Gasteiger partial charge >= 0.3 is 0 Å². The highest BCUT2D eigenvalue weighted by atomic mass is 16.1. The van der Waals surface area contributed by atoms with Crippen LogP contribution in [0.4, 0.5) is 5.82 Å². The Bertz CT molecular complexity index is 598. The van der Waals surface area contributed by atoms with E-state index in [1.54, 1.807) is 11.0 Å². The zero-order chi connectivity index (χ0) is 13.1. The molecule has 0 bridgehead atoms. The molecule has 1 aromatic heterocycles. The van der Waals surface area contributed by atoms with Gasteiger partial charge in [0.1, 0.15) is 23.0 Å². The topological polar surface area (TPSA) is 108 Å². The number of amides is 1. The van der Waals surface area contributed by atoms with Crippen LogP contribution < -0.4 is 10.6 Å². The third-order valence-corrected chi connectivity index (χ3v) is 2.44. The van der Waals surface area contributed by atoms with Crippen molar-refractivity contribution in [2.75, 3.05) is 11.4 Å². The van der Waals surface area contributed by atoms with Crippen LogP contribution in [0.5, 0.6) is 0 Å². The normalized spacial score (nSPS) is 15.9. The number of aliphatic imine (C=N–C) groups is 1. The van der Waals surface area contributed by atoms with Crippen LogP contribution in [0.25, 0.3) is 5.70 Å². The van der Waals surface area contributed by atoms with Gasteiger partial charge in [0.2, 0.25) is 0 Å². The van der Waals surface area contributed by atoms with Gasteiger partial charge in [0.05, 0.1) is 6.34 Å². The summed E-state index contributed by atoms with van der Waals surface area (Å²) in [7, 11) is 0. The van der Waals surface area contributed by atoms with Crippen LogP contribution in [0.15, 0.2) is 23.0 Å². The number of primary amides is 1. The van der Waals surface area contributed by atoms with E-state index in [9.17, 15) is 4.79 Å². The van der Waals surface area contributed by atoms with Crippen LogP contribution in [0, 0.1) is 11.3 Å². The fraction of sp³-hybridized carbons (Fsp3) is 0.182. The van der Waals surface area contributed by atoms with Crippen molar-refractivity contribution in [2.45, 2.75) is 6.92 Å². The number of nitrogens with two attached hydrogens (primary N) is 1. The quantitative estimate of drug-likeness (QED) is 0.583. The number of anilines is 1.